The van der Waals surface area contributed by atoms with Gasteiger partial charge in [-0.3, -0.25) is 9.78 Å². The molecule has 7 nitrogen and oxygen atoms in total. The Kier molecular flexibility index (Phi) is 4.57. The number of carbonyl (C=O) groups is 3. The summed E-state index contributed by atoms with van der Waals surface area (Å²) in [7, 11) is 2.31. The van der Waals surface area contributed by atoms with Gasteiger partial charge in [-0.1, -0.05) is 0 Å². The van der Waals surface area contributed by atoms with Crippen molar-refractivity contribution in [3.63, 3.8) is 0 Å². The molecule has 0 aliphatic heterocycles. The van der Waals surface area contributed by atoms with E-state index in [0.717, 1.165) is 14.2 Å². The van der Waals surface area contributed by atoms with Crippen molar-refractivity contribution >= 4 is 17.9 Å². The fraction of sp³-hybridized carbons (Fsp3) is 0.333. The number of pyridine rings is 1. The first kappa shape index (κ1) is 14.6. The predicted molar refractivity (Wildman–Crippen MR) is 63.0 cm³/mol. The number of aryl methyl sites for hydroxylation is 1. The smallest absolute Gasteiger partial charge is 0.342 e. The number of methoxy groups -OCH3 is 2. The molecule has 0 saturated carbocycles. The summed E-state index contributed by atoms with van der Waals surface area (Å²) >= 11 is 0. The third-order valence-corrected chi connectivity index (χ3v) is 2.25. The molecule has 0 aliphatic carbocycles. The van der Waals surface area contributed by atoms with Gasteiger partial charge in [0.05, 0.1) is 25.5 Å². The van der Waals surface area contributed by atoms with Crippen LogP contribution in [-0.2, 0) is 14.3 Å². The van der Waals surface area contributed by atoms with Gasteiger partial charge in [0.2, 0.25) is 0 Å². The lowest BCUT2D eigenvalue weighted by molar-refractivity contribution is -0.132. The zero-order valence-corrected chi connectivity index (χ0v) is 11.0. The molecule has 0 bridgehead atoms. The normalized spacial score (nSPS) is 9.68. The third-order valence-electron chi connectivity index (χ3n) is 2.25. The summed E-state index contributed by atoms with van der Waals surface area (Å²) in [5.74, 6) is -2.34. The molecular weight excluding hydrogens is 254 g/mol. The molecule has 0 saturated heterocycles. The van der Waals surface area contributed by atoms with Gasteiger partial charge in [0.15, 0.2) is 5.75 Å². The summed E-state index contributed by atoms with van der Waals surface area (Å²) in [4.78, 5) is 38.3. The first-order chi connectivity index (χ1) is 8.92. The molecule has 19 heavy (non-hydrogen) atoms. The fourth-order valence-electron chi connectivity index (χ4n) is 1.43. The number of hydrogen-bond acceptors (Lipinski definition) is 7. The van der Waals surface area contributed by atoms with Crippen LogP contribution < -0.4 is 4.74 Å². The quantitative estimate of drug-likeness (QED) is 0.751. The van der Waals surface area contributed by atoms with Crippen molar-refractivity contribution in [3.8, 4) is 5.75 Å². The molecule has 7 heteroatoms. The monoisotopic (exact) mass is 267 g/mol. The molecule has 0 atom stereocenters. The van der Waals surface area contributed by atoms with Crippen molar-refractivity contribution in [2.24, 2.45) is 0 Å². The molecule has 0 spiro atoms. The average Bonchev–Trinajstić information content (AvgIpc) is 2.38. The molecule has 1 aromatic rings. The molecule has 0 aromatic carbocycles. The second-order valence-electron chi connectivity index (χ2n) is 3.54. The fourth-order valence-corrected chi connectivity index (χ4v) is 1.43. The van der Waals surface area contributed by atoms with Gasteiger partial charge in [0.25, 0.3) is 0 Å². The summed E-state index contributed by atoms with van der Waals surface area (Å²) in [6.07, 6.45) is 1.17. The van der Waals surface area contributed by atoms with Crippen LogP contribution in [-0.4, -0.2) is 37.1 Å². The van der Waals surface area contributed by atoms with E-state index in [1.165, 1.54) is 20.0 Å². The zero-order valence-electron chi connectivity index (χ0n) is 11.0. The Bertz CT molecular complexity index is 537. The van der Waals surface area contributed by atoms with Crippen molar-refractivity contribution in [1.29, 1.82) is 0 Å². The lowest BCUT2D eigenvalue weighted by Crippen LogP contribution is -2.17. The van der Waals surface area contributed by atoms with E-state index in [4.69, 9.17) is 4.74 Å². The summed E-state index contributed by atoms with van der Waals surface area (Å²) in [6.45, 7) is 2.71. The highest BCUT2D eigenvalue weighted by atomic mass is 16.5. The number of ether oxygens (including phenoxy) is 3. The average molecular weight is 267 g/mol. The van der Waals surface area contributed by atoms with E-state index in [2.05, 4.69) is 14.5 Å². The minimum Gasteiger partial charge on any atom is -0.465 e. The van der Waals surface area contributed by atoms with Gasteiger partial charge in [-0.15, -0.1) is 0 Å². The minimum absolute atomic E-state index is 0.109. The van der Waals surface area contributed by atoms with E-state index in [1.54, 1.807) is 0 Å². The first-order valence-electron chi connectivity index (χ1n) is 5.27. The molecule has 102 valence electrons. The van der Waals surface area contributed by atoms with Crippen molar-refractivity contribution in [2.45, 2.75) is 13.8 Å². The molecule has 1 rings (SSSR count). The maximum absolute atomic E-state index is 11.8. The van der Waals surface area contributed by atoms with Crippen LogP contribution in [0.4, 0.5) is 0 Å². The summed E-state index contributed by atoms with van der Waals surface area (Å²) in [6, 6.07) is 0. The summed E-state index contributed by atoms with van der Waals surface area (Å²) < 4.78 is 14.1. The highest BCUT2D eigenvalue weighted by Gasteiger charge is 2.26. The summed E-state index contributed by atoms with van der Waals surface area (Å²) in [5, 5.41) is 0. The van der Waals surface area contributed by atoms with Gasteiger partial charge in [-0.2, -0.15) is 0 Å². The van der Waals surface area contributed by atoms with Crippen molar-refractivity contribution in [1.82, 2.24) is 4.98 Å². The van der Waals surface area contributed by atoms with Crippen LogP contribution in [0.1, 0.15) is 33.3 Å². The molecule has 1 heterocycles. The van der Waals surface area contributed by atoms with Crippen LogP contribution in [0, 0.1) is 6.92 Å². The second kappa shape index (κ2) is 5.94. The van der Waals surface area contributed by atoms with Crippen LogP contribution in [0.3, 0.4) is 0 Å². The number of esters is 3. The molecule has 0 aliphatic rings. The van der Waals surface area contributed by atoms with Crippen molar-refractivity contribution in [3.05, 3.63) is 23.0 Å². The number of aromatic nitrogens is 1. The molecule has 0 fully saturated rings. The first-order valence-corrected chi connectivity index (χ1v) is 5.27. The topological polar surface area (TPSA) is 91.8 Å². The molecule has 0 radical (unpaired) electrons. The number of nitrogens with zero attached hydrogens (tertiary/aromatic N) is 1. The second-order valence-corrected chi connectivity index (χ2v) is 3.54. The maximum atomic E-state index is 11.8. The Hall–Kier alpha value is -2.44. The van der Waals surface area contributed by atoms with Gasteiger partial charge in [0, 0.05) is 13.1 Å². The Morgan fingerprint density at radius 3 is 2.16 bits per heavy atom. The highest BCUT2D eigenvalue weighted by molar-refractivity contribution is 6.05. The highest BCUT2D eigenvalue weighted by Crippen LogP contribution is 2.26. The van der Waals surface area contributed by atoms with Crippen LogP contribution in [0.5, 0.6) is 5.75 Å². The summed E-state index contributed by atoms with van der Waals surface area (Å²) in [5.41, 5.74) is -0.0310. The van der Waals surface area contributed by atoms with Gasteiger partial charge < -0.3 is 14.2 Å². The number of rotatable bonds is 3. The molecule has 0 unspecified atom stereocenters. The maximum Gasteiger partial charge on any atom is 0.342 e. The standard InChI is InChI=1S/C12H13NO6/c1-6-10(19-7(2)14)9(12(16)18-4)8(5-13-6)11(15)17-3/h5H,1-4H3. The van der Waals surface area contributed by atoms with Crippen LogP contribution in [0.25, 0.3) is 0 Å². The Morgan fingerprint density at radius 2 is 1.68 bits per heavy atom. The van der Waals surface area contributed by atoms with Crippen LogP contribution in [0.2, 0.25) is 0 Å². The van der Waals surface area contributed by atoms with E-state index in [0.29, 0.717) is 0 Å². The molecule has 0 amide bonds. The van der Waals surface area contributed by atoms with E-state index in [1.807, 2.05) is 0 Å². The zero-order chi connectivity index (χ0) is 14.6. The SMILES string of the molecule is COC(=O)c1cnc(C)c(OC(C)=O)c1C(=O)OC. The van der Waals surface area contributed by atoms with Crippen molar-refractivity contribution < 1.29 is 28.6 Å². The predicted octanol–water partition coefficient (Wildman–Crippen LogP) is 0.889. The minimum atomic E-state index is -0.817. The molecule has 0 N–H and O–H groups in total. The Labute approximate surface area is 109 Å². The molecule has 1 aromatic heterocycles. The lowest BCUT2D eigenvalue weighted by atomic mass is 10.1. The van der Waals surface area contributed by atoms with E-state index < -0.39 is 17.9 Å². The van der Waals surface area contributed by atoms with Gasteiger partial charge in [0.1, 0.15) is 5.56 Å². The lowest BCUT2D eigenvalue weighted by Gasteiger charge is -2.12. The van der Waals surface area contributed by atoms with Gasteiger partial charge >= 0.3 is 17.9 Å². The van der Waals surface area contributed by atoms with E-state index in [9.17, 15) is 14.4 Å². The number of hydrogen-bond donors (Lipinski definition) is 0. The molecular formula is C12H13NO6. The van der Waals surface area contributed by atoms with Gasteiger partial charge in [-0.25, -0.2) is 9.59 Å². The van der Waals surface area contributed by atoms with Gasteiger partial charge in [-0.05, 0) is 6.92 Å². The third kappa shape index (κ3) is 3.06. The number of carbonyl (C=O) groups excluding carboxylic acids is 3. The largest absolute Gasteiger partial charge is 0.465 e. The van der Waals surface area contributed by atoms with Crippen LogP contribution >= 0.6 is 0 Å². The van der Waals surface area contributed by atoms with E-state index in [-0.39, 0.29) is 22.6 Å². The Balaban J connectivity index is 3.54. The van der Waals surface area contributed by atoms with Crippen molar-refractivity contribution in [2.75, 3.05) is 14.2 Å². The van der Waals surface area contributed by atoms with E-state index >= 15 is 0 Å². The van der Waals surface area contributed by atoms with Crippen LogP contribution in [0.15, 0.2) is 6.20 Å². The Morgan fingerprint density at radius 1 is 1.11 bits per heavy atom.